The quantitative estimate of drug-likeness (QED) is 0.938. The molecular weight excluding hydrogens is 313 g/mol. The summed E-state index contributed by atoms with van der Waals surface area (Å²) in [6, 6.07) is 10.0. The van der Waals surface area contributed by atoms with Crippen molar-refractivity contribution >= 4 is 21.9 Å². The molecule has 0 aliphatic heterocycles. The number of benzene rings is 1. The summed E-state index contributed by atoms with van der Waals surface area (Å²) < 4.78 is 13.7. The summed E-state index contributed by atoms with van der Waals surface area (Å²) >= 11 is 3.32. The first kappa shape index (κ1) is 13.7. The van der Waals surface area contributed by atoms with Crippen molar-refractivity contribution < 1.29 is 14.3 Å². The van der Waals surface area contributed by atoms with Crippen molar-refractivity contribution in [1.29, 1.82) is 0 Å². The van der Waals surface area contributed by atoms with Crippen molar-refractivity contribution in [2.45, 2.75) is 12.3 Å². The molecule has 1 N–H and O–H groups in total. The molecule has 1 heterocycles. The van der Waals surface area contributed by atoms with Crippen molar-refractivity contribution in [3.05, 3.63) is 64.1 Å². The lowest BCUT2D eigenvalue weighted by molar-refractivity contribution is -0.138. The summed E-state index contributed by atoms with van der Waals surface area (Å²) in [5.41, 5.74) is 1.25. The first-order valence-electron chi connectivity index (χ1n) is 5.65. The first-order valence-corrected chi connectivity index (χ1v) is 6.44. The Balaban J connectivity index is 2.23. The van der Waals surface area contributed by atoms with Gasteiger partial charge in [0.05, 0.1) is 11.9 Å². The molecule has 1 unspecified atom stereocenters. The van der Waals surface area contributed by atoms with Crippen LogP contribution in [0.1, 0.15) is 17.2 Å². The molecule has 1 atom stereocenters. The molecule has 5 heteroatoms. The van der Waals surface area contributed by atoms with Crippen molar-refractivity contribution in [3.63, 3.8) is 0 Å². The van der Waals surface area contributed by atoms with E-state index in [1.54, 1.807) is 0 Å². The second-order valence-electron chi connectivity index (χ2n) is 4.12. The number of halogens is 2. The van der Waals surface area contributed by atoms with Crippen molar-refractivity contribution in [1.82, 2.24) is 4.98 Å². The zero-order valence-electron chi connectivity index (χ0n) is 9.88. The van der Waals surface area contributed by atoms with Crippen molar-refractivity contribution in [3.8, 4) is 0 Å². The molecule has 0 radical (unpaired) electrons. The first-order chi connectivity index (χ1) is 9.06. The van der Waals surface area contributed by atoms with E-state index in [2.05, 4.69) is 20.9 Å². The van der Waals surface area contributed by atoms with Gasteiger partial charge in [-0.3, -0.25) is 9.78 Å². The fourth-order valence-electron chi connectivity index (χ4n) is 1.77. The van der Waals surface area contributed by atoms with Gasteiger partial charge >= 0.3 is 5.97 Å². The lowest BCUT2D eigenvalue weighted by Gasteiger charge is -2.12. The van der Waals surface area contributed by atoms with Gasteiger partial charge < -0.3 is 5.11 Å². The van der Waals surface area contributed by atoms with Gasteiger partial charge in [-0.15, -0.1) is 0 Å². The van der Waals surface area contributed by atoms with Crippen LogP contribution in [-0.4, -0.2) is 16.1 Å². The molecule has 19 heavy (non-hydrogen) atoms. The zero-order valence-corrected chi connectivity index (χ0v) is 11.5. The molecule has 0 fully saturated rings. The molecule has 1 aromatic carbocycles. The Morgan fingerprint density at radius 1 is 1.26 bits per heavy atom. The van der Waals surface area contributed by atoms with E-state index < -0.39 is 17.7 Å². The van der Waals surface area contributed by atoms with Gasteiger partial charge in [0.2, 0.25) is 0 Å². The third kappa shape index (κ3) is 3.61. The molecule has 0 bridgehead atoms. The molecule has 2 rings (SSSR count). The van der Waals surface area contributed by atoms with Crippen LogP contribution in [0.3, 0.4) is 0 Å². The molecule has 0 aliphatic carbocycles. The number of carbonyl (C=O) groups is 1. The van der Waals surface area contributed by atoms with Gasteiger partial charge in [0.1, 0.15) is 11.7 Å². The third-order valence-electron chi connectivity index (χ3n) is 2.76. The summed E-state index contributed by atoms with van der Waals surface area (Å²) in [5.74, 6) is -2.22. The Labute approximate surface area is 118 Å². The molecule has 0 amide bonds. The highest BCUT2D eigenvalue weighted by atomic mass is 79.9. The summed E-state index contributed by atoms with van der Waals surface area (Å²) in [5, 5.41) is 9.27. The Morgan fingerprint density at radius 3 is 2.47 bits per heavy atom. The Kier molecular flexibility index (Phi) is 4.27. The topological polar surface area (TPSA) is 50.2 Å². The smallest absolute Gasteiger partial charge is 0.312 e. The average Bonchev–Trinajstić information content (AvgIpc) is 2.39. The van der Waals surface area contributed by atoms with Crippen LogP contribution in [0.4, 0.5) is 4.39 Å². The minimum absolute atomic E-state index is 0.321. The maximum Gasteiger partial charge on any atom is 0.312 e. The van der Waals surface area contributed by atoms with E-state index >= 15 is 0 Å². The van der Waals surface area contributed by atoms with E-state index in [0.29, 0.717) is 12.1 Å². The van der Waals surface area contributed by atoms with Crippen molar-refractivity contribution in [2.75, 3.05) is 0 Å². The standard InChI is InChI=1S/C14H11BrFNO2/c15-10-3-1-9(2-4-10)7-12(14(18)19)13-6-5-11(16)8-17-13/h1-6,8,12H,7H2,(H,18,19). The number of aromatic nitrogens is 1. The number of aliphatic carboxylic acids is 1. The lowest BCUT2D eigenvalue weighted by Crippen LogP contribution is -2.15. The summed E-state index contributed by atoms with van der Waals surface area (Å²) in [6.45, 7) is 0. The number of hydrogen-bond acceptors (Lipinski definition) is 2. The zero-order chi connectivity index (χ0) is 13.8. The third-order valence-corrected chi connectivity index (χ3v) is 3.29. The monoisotopic (exact) mass is 323 g/mol. The largest absolute Gasteiger partial charge is 0.481 e. The van der Waals surface area contributed by atoms with Gasteiger partial charge in [0.15, 0.2) is 0 Å². The minimum atomic E-state index is -0.970. The second kappa shape index (κ2) is 5.93. The second-order valence-corrected chi connectivity index (χ2v) is 5.04. The fourth-order valence-corrected chi connectivity index (χ4v) is 2.03. The molecule has 1 aromatic heterocycles. The van der Waals surface area contributed by atoms with Crippen LogP contribution >= 0.6 is 15.9 Å². The molecule has 3 nitrogen and oxygen atoms in total. The van der Waals surface area contributed by atoms with Gasteiger partial charge in [0, 0.05) is 4.47 Å². The Bertz CT molecular complexity index is 569. The van der Waals surface area contributed by atoms with Gasteiger partial charge in [-0.25, -0.2) is 4.39 Å². The number of carboxylic acids is 1. The molecule has 0 aliphatic rings. The van der Waals surface area contributed by atoms with Crippen LogP contribution in [0.25, 0.3) is 0 Å². The lowest BCUT2D eigenvalue weighted by atomic mass is 9.96. The maximum atomic E-state index is 12.8. The van der Waals surface area contributed by atoms with E-state index in [4.69, 9.17) is 0 Å². The van der Waals surface area contributed by atoms with E-state index in [0.717, 1.165) is 16.2 Å². The molecule has 2 aromatic rings. The molecule has 0 spiro atoms. The minimum Gasteiger partial charge on any atom is -0.481 e. The number of pyridine rings is 1. The molecule has 0 saturated carbocycles. The predicted molar refractivity (Wildman–Crippen MR) is 72.4 cm³/mol. The van der Waals surface area contributed by atoms with E-state index in [9.17, 15) is 14.3 Å². The van der Waals surface area contributed by atoms with E-state index in [1.807, 2.05) is 24.3 Å². The highest BCUT2D eigenvalue weighted by molar-refractivity contribution is 9.10. The molecule has 98 valence electrons. The highest BCUT2D eigenvalue weighted by Gasteiger charge is 2.21. The van der Waals surface area contributed by atoms with E-state index in [-0.39, 0.29) is 0 Å². The summed E-state index contributed by atoms with van der Waals surface area (Å²) in [6.07, 6.45) is 1.36. The van der Waals surface area contributed by atoms with Gasteiger partial charge in [0.25, 0.3) is 0 Å². The molecule has 0 saturated heterocycles. The number of nitrogens with zero attached hydrogens (tertiary/aromatic N) is 1. The fraction of sp³-hybridized carbons (Fsp3) is 0.143. The number of carboxylic acid groups (broad SMARTS) is 1. The predicted octanol–water partition coefficient (Wildman–Crippen LogP) is 3.39. The maximum absolute atomic E-state index is 12.8. The van der Waals surface area contributed by atoms with Crippen LogP contribution in [0.15, 0.2) is 47.1 Å². The SMILES string of the molecule is O=C(O)C(Cc1ccc(Br)cc1)c1ccc(F)cn1. The summed E-state index contributed by atoms with van der Waals surface area (Å²) in [7, 11) is 0. The Morgan fingerprint density at radius 2 is 1.95 bits per heavy atom. The van der Waals surface area contributed by atoms with Gasteiger partial charge in [-0.1, -0.05) is 28.1 Å². The van der Waals surface area contributed by atoms with Crippen LogP contribution < -0.4 is 0 Å². The Hall–Kier alpha value is -1.75. The van der Waals surface area contributed by atoms with E-state index in [1.165, 1.54) is 12.1 Å². The van der Waals surface area contributed by atoms with Crippen LogP contribution in [-0.2, 0) is 11.2 Å². The van der Waals surface area contributed by atoms with Crippen LogP contribution in [0.2, 0.25) is 0 Å². The van der Waals surface area contributed by atoms with Gasteiger partial charge in [-0.2, -0.15) is 0 Å². The van der Waals surface area contributed by atoms with Gasteiger partial charge in [-0.05, 0) is 36.2 Å². The van der Waals surface area contributed by atoms with Crippen molar-refractivity contribution in [2.24, 2.45) is 0 Å². The molecular formula is C14H11BrFNO2. The number of rotatable bonds is 4. The number of hydrogen-bond donors (Lipinski definition) is 1. The van der Waals surface area contributed by atoms with Crippen LogP contribution in [0, 0.1) is 5.82 Å². The van der Waals surface area contributed by atoms with Crippen LogP contribution in [0.5, 0.6) is 0 Å². The average molecular weight is 324 g/mol. The highest BCUT2D eigenvalue weighted by Crippen LogP contribution is 2.21. The summed E-state index contributed by atoms with van der Waals surface area (Å²) in [4.78, 5) is 15.2. The normalized spacial score (nSPS) is 12.1.